The highest BCUT2D eigenvalue weighted by Gasteiger charge is 2.17. The summed E-state index contributed by atoms with van der Waals surface area (Å²) in [5.41, 5.74) is 2.05. The van der Waals surface area contributed by atoms with Crippen LogP contribution in [0.25, 0.3) is 0 Å². The van der Waals surface area contributed by atoms with E-state index in [0.717, 1.165) is 29.2 Å². The SMILES string of the molecule is O=C(O)c1cc2c(nc1Cl)CCSC2. The highest BCUT2D eigenvalue weighted by Crippen LogP contribution is 2.26. The van der Waals surface area contributed by atoms with Gasteiger partial charge >= 0.3 is 5.97 Å². The predicted molar refractivity (Wildman–Crippen MR) is 56.1 cm³/mol. The number of thioether (sulfide) groups is 1. The molecule has 74 valence electrons. The van der Waals surface area contributed by atoms with Crippen molar-refractivity contribution in [1.29, 1.82) is 0 Å². The Balaban J connectivity index is 2.50. The maximum atomic E-state index is 10.8. The minimum atomic E-state index is -1.01. The van der Waals surface area contributed by atoms with Crippen molar-refractivity contribution < 1.29 is 9.90 Å². The van der Waals surface area contributed by atoms with Gasteiger partial charge in [-0.2, -0.15) is 11.8 Å². The second-order valence-electron chi connectivity index (χ2n) is 3.04. The molecule has 2 rings (SSSR count). The third-order valence-corrected chi connectivity index (χ3v) is 3.41. The zero-order chi connectivity index (χ0) is 10.1. The summed E-state index contributed by atoms with van der Waals surface area (Å²) < 4.78 is 0. The van der Waals surface area contributed by atoms with Crippen molar-refractivity contribution in [2.45, 2.75) is 12.2 Å². The van der Waals surface area contributed by atoms with Crippen LogP contribution >= 0.6 is 23.4 Å². The molecular formula is C9H8ClNO2S. The summed E-state index contributed by atoms with van der Waals surface area (Å²) in [5, 5.41) is 8.94. The molecule has 0 radical (unpaired) electrons. The van der Waals surface area contributed by atoms with Crippen LogP contribution in [-0.2, 0) is 12.2 Å². The minimum Gasteiger partial charge on any atom is -0.478 e. The number of halogens is 1. The standard InChI is InChI=1S/C9H8ClNO2S/c10-8-6(9(12)13)3-5-4-14-2-1-7(5)11-8/h3H,1-2,4H2,(H,12,13). The molecule has 0 amide bonds. The third kappa shape index (κ3) is 1.72. The van der Waals surface area contributed by atoms with Gasteiger partial charge in [-0.25, -0.2) is 9.78 Å². The topological polar surface area (TPSA) is 50.2 Å². The molecule has 0 atom stereocenters. The number of rotatable bonds is 1. The number of hydrogen-bond acceptors (Lipinski definition) is 3. The van der Waals surface area contributed by atoms with Gasteiger partial charge in [0.15, 0.2) is 0 Å². The molecule has 1 aliphatic rings. The molecule has 0 saturated carbocycles. The van der Waals surface area contributed by atoms with Crippen LogP contribution in [-0.4, -0.2) is 21.8 Å². The van der Waals surface area contributed by atoms with Gasteiger partial charge in [-0.1, -0.05) is 11.6 Å². The molecule has 5 heteroatoms. The van der Waals surface area contributed by atoms with E-state index >= 15 is 0 Å². The number of hydrogen-bond donors (Lipinski definition) is 1. The summed E-state index contributed by atoms with van der Waals surface area (Å²) in [6.07, 6.45) is 0.875. The maximum absolute atomic E-state index is 10.8. The smallest absolute Gasteiger partial charge is 0.338 e. The molecular weight excluding hydrogens is 222 g/mol. The number of aromatic nitrogens is 1. The first-order valence-corrected chi connectivity index (χ1v) is 5.71. The molecule has 0 saturated heterocycles. The quantitative estimate of drug-likeness (QED) is 0.751. The van der Waals surface area contributed by atoms with Crippen molar-refractivity contribution in [2.75, 3.05) is 5.75 Å². The number of aryl methyl sites for hydroxylation is 1. The van der Waals surface area contributed by atoms with Crippen LogP contribution in [0.5, 0.6) is 0 Å². The van der Waals surface area contributed by atoms with Crippen LogP contribution in [0.4, 0.5) is 0 Å². The molecule has 1 aromatic heterocycles. The first-order chi connectivity index (χ1) is 6.68. The summed E-state index contributed by atoms with van der Waals surface area (Å²) in [7, 11) is 0. The molecule has 1 N–H and O–H groups in total. The summed E-state index contributed by atoms with van der Waals surface area (Å²) >= 11 is 7.55. The van der Waals surface area contributed by atoms with Crippen molar-refractivity contribution in [3.05, 3.63) is 28.0 Å². The van der Waals surface area contributed by atoms with E-state index in [-0.39, 0.29) is 10.7 Å². The molecule has 0 fully saturated rings. The van der Waals surface area contributed by atoms with E-state index in [9.17, 15) is 4.79 Å². The van der Waals surface area contributed by atoms with Gasteiger partial charge in [0, 0.05) is 11.4 Å². The van der Waals surface area contributed by atoms with Gasteiger partial charge in [-0.3, -0.25) is 0 Å². The van der Waals surface area contributed by atoms with Crippen molar-refractivity contribution in [1.82, 2.24) is 4.98 Å². The minimum absolute atomic E-state index is 0.100. The van der Waals surface area contributed by atoms with E-state index in [4.69, 9.17) is 16.7 Å². The van der Waals surface area contributed by atoms with Gasteiger partial charge in [0.1, 0.15) is 5.15 Å². The number of carbonyl (C=O) groups is 1. The number of fused-ring (bicyclic) bond motifs is 1. The Morgan fingerprint density at radius 3 is 3.14 bits per heavy atom. The normalized spacial score (nSPS) is 14.9. The number of carboxylic acids is 1. The lowest BCUT2D eigenvalue weighted by molar-refractivity contribution is 0.0696. The highest BCUT2D eigenvalue weighted by atomic mass is 35.5. The molecule has 0 spiro atoms. The van der Waals surface area contributed by atoms with Gasteiger partial charge in [0.25, 0.3) is 0 Å². The molecule has 0 aromatic carbocycles. The Morgan fingerprint density at radius 1 is 1.64 bits per heavy atom. The largest absolute Gasteiger partial charge is 0.478 e. The lowest BCUT2D eigenvalue weighted by Gasteiger charge is -2.15. The van der Waals surface area contributed by atoms with Crippen LogP contribution in [0.15, 0.2) is 6.07 Å². The van der Waals surface area contributed by atoms with Crippen molar-refractivity contribution in [2.24, 2.45) is 0 Å². The number of carboxylic acid groups (broad SMARTS) is 1. The summed E-state index contributed by atoms with van der Waals surface area (Å²) in [5.74, 6) is 0.851. The zero-order valence-corrected chi connectivity index (χ0v) is 8.86. The second-order valence-corrected chi connectivity index (χ2v) is 4.50. The van der Waals surface area contributed by atoms with E-state index in [1.165, 1.54) is 0 Å². The molecule has 0 bridgehead atoms. The van der Waals surface area contributed by atoms with Crippen molar-refractivity contribution in [3.8, 4) is 0 Å². The molecule has 0 unspecified atom stereocenters. The number of pyridine rings is 1. The fraction of sp³-hybridized carbons (Fsp3) is 0.333. The Hall–Kier alpha value is -0.740. The van der Waals surface area contributed by atoms with E-state index in [0.29, 0.717) is 0 Å². The first-order valence-electron chi connectivity index (χ1n) is 4.18. The van der Waals surface area contributed by atoms with Gasteiger partial charge in [-0.15, -0.1) is 0 Å². The average molecular weight is 230 g/mol. The van der Waals surface area contributed by atoms with Crippen molar-refractivity contribution in [3.63, 3.8) is 0 Å². The van der Waals surface area contributed by atoms with Gasteiger partial charge in [0.05, 0.1) is 5.56 Å². The summed E-state index contributed by atoms with van der Waals surface area (Å²) in [4.78, 5) is 14.9. The van der Waals surface area contributed by atoms with E-state index in [1.807, 2.05) is 0 Å². The molecule has 0 aliphatic carbocycles. The summed E-state index contributed by atoms with van der Waals surface area (Å²) in [6, 6.07) is 1.64. The van der Waals surface area contributed by atoms with Crippen molar-refractivity contribution >= 4 is 29.3 Å². The van der Waals surface area contributed by atoms with E-state index in [1.54, 1.807) is 17.8 Å². The molecule has 3 nitrogen and oxygen atoms in total. The monoisotopic (exact) mass is 229 g/mol. The van der Waals surface area contributed by atoms with Gasteiger partial charge in [-0.05, 0) is 23.8 Å². The van der Waals surface area contributed by atoms with Crippen LogP contribution < -0.4 is 0 Å². The Labute approximate surface area is 90.5 Å². The maximum Gasteiger partial charge on any atom is 0.338 e. The molecule has 1 aliphatic heterocycles. The Kier molecular flexibility index (Phi) is 2.65. The Morgan fingerprint density at radius 2 is 2.43 bits per heavy atom. The molecule has 14 heavy (non-hydrogen) atoms. The fourth-order valence-corrected chi connectivity index (χ4v) is 2.60. The average Bonchev–Trinajstić information content (AvgIpc) is 2.16. The van der Waals surface area contributed by atoms with E-state index < -0.39 is 5.97 Å². The predicted octanol–water partition coefficient (Wildman–Crippen LogP) is 2.22. The second kappa shape index (κ2) is 3.79. The van der Waals surface area contributed by atoms with Gasteiger partial charge < -0.3 is 5.11 Å². The lowest BCUT2D eigenvalue weighted by Crippen LogP contribution is -2.09. The summed E-state index contributed by atoms with van der Waals surface area (Å²) in [6.45, 7) is 0. The van der Waals surface area contributed by atoms with Gasteiger partial charge in [0.2, 0.25) is 0 Å². The fourth-order valence-electron chi connectivity index (χ4n) is 1.41. The zero-order valence-electron chi connectivity index (χ0n) is 7.29. The van der Waals surface area contributed by atoms with Crippen LogP contribution in [0.1, 0.15) is 21.6 Å². The lowest BCUT2D eigenvalue weighted by atomic mass is 10.1. The van der Waals surface area contributed by atoms with Crippen LogP contribution in [0.2, 0.25) is 5.15 Å². The molecule has 2 heterocycles. The number of aromatic carboxylic acids is 1. The Bertz CT molecular complexity index is 395. The van der Waals surface area contributed by atoms with E-state index in [2.05, 4.69) is 4.98 Å². The number of nitrogens with zero attached hydrogens (tertiary/aromatic N) is 1. The first kappa shape index (κ1) is 9.80. The highest BCUT2D eigenvalue weighted by molar-refractivity contribution is 7.98. The molecule has 1 aromatic rings. The third-order valence-electron chi connectivity index (χ3n) is 2.12. The van der Waals surface area contributed by atoms with Crippen LogP contribution in [0, 0.1) is 0 Å². The van der Waals surface area contributed by atoms with Crippen LogP contribution in [0.3, 0.4) is 0 Å².